The molecule has 2 nitrogen and oxygen atoms in total. The third kappa shape index (κ3) is 3.20. The van der Waals surface area contributed by atoms with E-state index in [-0.39, 0.29) is 5.78 Å². The molecule has 0 unspecified atom stereocenters. The van der Waals surface area contributed by atoms with Crippen LogP contribution in [0, 0.1) is 6.92 Å². The minimum atomic E-state index is -0.0822. The largest absolute Gasteiger partial charge is 0.460 e. The molecule has 3 aromatic carbocycles. The Morgan fingerprint density at radius 3 is 2.07 bits per heavy atom. The number of hydrogen-bond donors (Lipinski definition) is 0. The van der Waals surface area contributed by atoms with Gasteiger partial charge in [0.25, 0.3) is 0 Å². The van der Waals surface area contributed by atoms with Crippen LogP contribution in [0.3, 0.4) is 0 Å². The van der Waals surface area contributed by atoms with Crippen molar-refractivity contribution >= 4 is 17.4 Å². The van der Waals surface area contributed by atoms with E-state index in [1.165, 1.54) is 0 Å². The number of aryl methyl sites for hydroxylation is 1. The van der Waals surface area contributed by atoms with Crippen LogP contribution in [-0.4, -0.2) is 5.78 Å². The minimum Gasteiger partial charge on any atom is -0.460 e. The number of carbonyl (C=O) groups is 1. The zero-order valence-electron chi connectivity index (χ0n) is 14.8. The SMILES string of the molecule is Cc1oc(-c2ccccc2Cl)c(C(=O)c2ccccc2)c1-c1ccccc1. The molecule has 3 heteroatoms. The third-order valence-electron chi connectivity index (χ3n) is 4.53. The van der Waals surface area contributed by atoms with Crippen LogP contribution < -0.4 is 0 Å². The van der Waals surface area contributed by atoms with Crippen molar-refractivity contribution in [1.82, 2.24) is 0 Å². The van der Waals surface area contributed by atoms with Crippen LogP contribution in [0.2, 0.25) is 5.02 Å². The summed E-state index contributed by atoms with van der Waals surface area (Å²) in [6, 6.07) is 26.5. The highest BCUT2D eigenvalue weighted by Gasteiger charge is 2.27. The van der Waals surface area contributed by atoms with Crippen molar-refractivity contribution in [3.8, 4) is 22.5 Å². The second-order valence-electron chi connectivity index (χ2n) is 6.28. The molecule has 0 saturated carbocycles. The highest BCUT2D eigenvalue weighted by Crippen LogP contribution is 2.41. The predicted octanol–water partition coefficient (Wildman–Crippen LogP) is 6.81. The fraction of sp³-hybridized carbons (Fsp3) is 0.0417. The molecule has 0 radical (unpaired) electrons. The summed E-state index contributed by atoms with van der Waals surface area (Å²) in [6.07, 6.45) is 0. The van der Waals surface area contributed by atoms with Gasteiger partial charge in [-0.15, -0.1) is 0 Å². The molecule has 0 spiro atoms. The molecule has 0 saturated heterocycles. The third-order valence-corrected chi connectivity index (χ3v) is 4.86. The second kappa shape index (κ2) is 7.26. The Labute approximate surface area is 163 Å². The summed E-state index contributed by atoms with van der Waals surface area (Å²) in [7, 11) is 0. The molecule has 0 bridgehead atoms. The van der Waals surface area contributed by atoms with Crippen molar-refractivity contribution in [2.45, 2.75) is 6.92 Å². The van der Waals surface area contributed by atoms with Gasteiger partial charge in [0.15, 0.2) is 5.78 Å². The number of carbonyl (C=O) groups excluding carboxylic acids is 1. The van der Waals surface area contributed by atoms with Crippen LogP contribution >= 0.6 is 11.6 Å². The fourth-order valence-electron chi connectivity index (χ4n) is 3.28. The first-order chi connectivity index (χ1) is 13.2. The van der Waals surface area contributed by atoms with Crippen molar-refractivity contribution in [2.24, 2.45) is 0 Å². The predicted molar refractivity (Wildman–Crippen MR) is 109 cm³/mol. The van der Waals surface area contributed by atoms with E-state index in [0.29, 0.717) is 33.2 Å². The Kier molecular flexibility index (Phi) is 4.66. The smallest absolute Gasteiger partial charge is 0.197 e. The number of hydrogen-bond acceptors (Lipinski definition) is 2. The Morgan fingerprint density at radius 1 is 0.815 bits per heavy atom. The average molecular weight is 373 g/mol. The van der Waals surface area contributed by atoms with E-state index in [9.17, 15) is 4.79 Å². The van der Waals surface area contributed by atoms with E-state index in [4.69, 9.17) is 16.0 Å². The quantitative estimate of drug-likeness (QED) is 0.368. The van der Waals surface area contributed by atoms with Gasteiger partial charge in [0.05, 0.1) is 10.6 Å². The molecule has 0 aliphatic carbocycles. The molecule has 0 atom stereocenters. The van der Waals surface area contributed by atoms with Gasteiger partial charge in [0.1, 0.15) is 11.5 Å². The highest BCUT2D eigenvalue weighted by molar-refractivity contribution is 6.33. The molecular weight excluding hydrogens is 356 g/mol. The molecular formula is C24H17ClO2. The summed E-state index contributed by atoms with van der Waals surface area (Å²) < 4.78 is 6.10. The maximum Gasteiger partial charge on any atom is 0.197 e. The minimum absolute atomic E-state index is 0.0822. The van der Waals surface area contributed by atoms with Gasteiger partial charge >= 0.3 is 0 Å². The highest BCUT2D eigenvalue weighted by atomic mass is 35.5. The number of benzene rings is 3. The Balaban J connectivity index is 2.01. The van der Waals surface area contributed by atoms with Crippen LogP contribution in [0.1, 0.15) is 21.7 Å². The Hall–Kier alpha value is -3.10. The molecule has 27 heavy (non-hydrogen) atoms. The normalized spacial score (nSPS) is 10.7. The van der Waals surface area contributed by atoms with Gasteiger partial charge in [-0.2, -0.15) is 0 Å². The number of ketones is 1. The lowest BCUT2D eigenvalue weighted by molar-refractivity contribution is 0.103. The van der Waals surface area contributed by atoms with E-state index >= 15 is 0 Å². The number of halogens is 1. The molecule has 1 heterocycles. The van der Waals surface area contributed by atoms with Crippen molar-refractivity contribution in [2.75, 3.05) is 0 Å². The van der Waals surface area contributed by atoms with Gasteiger partial charge in [0, 0.05) is 16.7 Å². The average Bonchev–Trinajstić information content (AvgIpc) is 3.06. The number of furan rings is 1. The van der Waals surface area contributed by atoms with Crippen LogP contribution in [-0.2, 0) is 0 Å². The molecule has 4 aromatic rings. The first-order valence-electron chi connectivity index (χ1n) is 8.70. The van der Waals surface area contributed by atoms with E-state index in [1.54, 1.807) is 6.07 Å². The molecule has 0 N–H and O–H groups in total. The van der Waals surface area contributed by atoms with Crippen LogP contribution in [0.15, 0.2) is 89.3 Å². The second-order valence-corrected chi connectivity index (χ2v) is 6.69. The van der Waals surface area contributed by atoms with Crippen molar-refractivity contribution in [3.05, 3.63) is 107 Å². The molecule has 0 aliphatic rings. The van der Waals surface area contributed by atoms with Crippen LogP contribution in [0.25, 0.3) is 22.5 Å². The van der Waals surface area contributed by atoms with Crippen molar-refractivity contribution in [3.63, 3.8) is 0 Å². The summed E-state index contributed by atoms with van der Waals surface area (Å²) in [5.41, 5.74) is 3.61. The molecule has 0 aliphatic heterocycles. The lowest BCUT2D eigenvalue weighted by atomic mass is 9.92. The van der Waals surface area contributed by atoms with E-state index in [1.807, 2.05) is 85.8 Å². The van der Waals surface area contributed by atoms with E-state index < -0.39 is 0 Å². The summed E-state index contributed by atoms with van der Waals surface area (Å²) in [4.78, 5) is 13.5. The van der Waals surface area contributed by atoms with Gasteiger partial charge in [-0.25, -0.2) is 0 Å². The van der Waals surface area contributed by atoms with Gasteiger partial charge in [-0.1, -0.05) is 84.4 Å². The van der Waals surface area contributed by atoms with Gasteiger partial charge in [0.2, 0.25) is 0 Å². The van der Waals surface area contributed by atoms with E-state index in [2.05, 4.69) is 0 Å². The number of rotatable bonds is 4. The summed E-state index contributed by atoms with van der Waals surface area (Å²) in [5.74, 6) is 1.11. The summed E-state index contributed by atoms with van der Waals surface area (Å²) in [6.45, 7) is 1.88. The van der Waals surface area contributed by atoms with Crippen LogP contribution in [0.4, 0.5) is 0 Å². The first kappa shape index (κ1) is 17.3. The van der Waals surface area contributed by atoms with Crippen molar-refractivity contribution < 1.29 is 9.21 Å². The zero-order chi connectivity index (χ0) is 18.8. The van der Waals surface area contributed by atoms with Gasteiger partial charge < -0.3 is 4.42 Å². The molecule has 0 amide bonds. The lowest BCUT2D eigenvalue weighted by Gasteiger charge is -2.07. The van der Waals surface area contributed by atoms with Crippen LogP contribution in [0.5, 0.6) is 0 Å². The molecule has 4 rings (SSSR count). The molecule has 1 aromatic heterocycles. The molecule has 132 valence electrons. The topological polar surface area (TPSA) is 30.2 Å². The first-order valence-corrected chi connectivity index (χ1v) is 9.08. The summed E-state index contributed by atoms with van der Waals surface area (Å²) >= 11 is 6.42. The fourth-order valence-corrected chi connectivity index (χ4v) is 3.50. The standard InChI is InChI=1S/C24H17ClO2/c1-16-21(17-10-4-2-5-11-17)22(23(26)18-12-6-3-7-13-18)24(27-16)19-14-8-9-15-20(19)25/h2-15H,1H3. The summed E-state index contributed by atoms with van der Waals surface area (Å²) in [5, 5.41) is 0.549. The monoisotopic (exact) mass is 372 g/mol. The van der Waals surface area contributed by atoms with Gasteiger partial charge in [-0.3, -0.25) is 4.79 Å². The van der Waals surface area contributed by atoms with Gasteiger partial charge in [-0.05, 0) is 24.6 Å². The zero-order valence-corrected chi connectivity index (χ0v) is 15.5. The lowest BCUT2D eigenvalue weighted by Crippen LogP contribution is -2.03. The Morgan fingerprint density at radius 2 is 1.41 bits per heavy atom. The van der Waals surface area contributed by atoms with E-state index in [0.717, 1.165) is 11.1 Å². The maximum absolute atomic E-state index is 13.5. The Bertz CT molecular complexity index is 1100. The maximum atomic E-state index is 13.5. The molecule has 0 fully saturated rings. The van der Waals surface area contributed by atoms with Crippen molar-refractivity contribution in [1.29, 1.82) is 0 Å².